The highest BCUT2D eigenvalue weighted by molar-refractivity contribution is 5.89. The van der Waals surface area contributed by atoms with Crippen molar-refractivity contribution in [2.24, 2.45) is 0 Å². The number of fused-ring (bicyclic) bond motifs is 1. The molecule has 6 nitrogen and oxygen atoms in total. The van der Waals surface area contributed by atoms with E-state index in [-0.39, 0.29) is 33.8 Å². The molecule has 0 saturated carbocycles. The number of ether oxygens (including phenoxy) is 4. The fraction of sp³-hybridized carbons (Fsp3) is 0.348. The fourth-order valence-corrected chi connectivity index (χ4v) is 3.83. The number of rotatable bonds is 7. The monoisotopic (exact) mass is 505 g/mol. The van der Waals surface area contributed by atoms with Crippen LogP contribution >= 0.6 is 0 Å². The van der Waals surface area contributed by atoms with Crippen LogP contribution in [0.2, 0.25) is 0 Å². The average molecular weight is 505 g/mol. The first-order valence-corrected chi connectivity index (χ1v) is 9.91. The van der Waals surface area contributed by atoms with Gasteiger partial charge in [-0.1, -0.05) is 0 Å². The number of aliphatic hydroxyl groups is 1. The molecule has 1 atom stereocenters. The van der Waals surface area contributed by atoms with Crippen LogP contribution in [0.4, 0.5) is 26.3 Å². The molecule has 3 rings (SSSR count). The summed E-state index contributed by atoms with van der Waals surface area (Å²) in [5, 5.41) is 10.6. The Kier molecular flexibility index (Phi) is 6.98. The van der Waals surface area contributed by atoms with E-state index < -0.39 is 35.1 Å². The maximum Gasteiger partial charge on any atom is 0.427 e. The molecule has 1 unspecified atom stereocenters. The first kappa shape index (κ1) is 26.2. The first-order valence-electron chi connectivity index (χ1n) is 9.91. The lowest BCUT2D eigenvalue weighted by Gasteiger charge is -2.39. The van der Waals surface area contributed by atoms with Crippen molar-refractivity contribution in [3.8, 4) is 23.0 Å². The van der Waals surface area contributed by atoms with Gasteiger partial charge in [0, 0.05) is 17.6 Å². The molecule has 1 heterocycles. The summed E-state index contributed by atoms with van der Waals surface area (Å²) in [5.41, 5.74) is -6.52. The van der Waals surface area contributed by atoms with Crippen molar-refractivity contribution in [1.29, 1.82) is 0 Å². The lowest BCUT2D eigenvalue weighted by molar-refractivity contribution is -0.372. The van der Waals surface area contributed by atoms with Gasteiger partial charge in [-0.25, -0.2) is 0 Å². The van der Waals surface area contributed by atoms with Gasteiger partial charge in [-0.3, -0.25) is 4.98 Å². The number of halogens is 6. The van der Waals surface area contributed by atoms with Crippen LogP contribution in [0, 0.1) is 0 Å². The molecule has 0 spiro atoms. The first-order chi connectivity index (χ1) is 16.3. The zero-order chi connectivity index (χ0) is 26.2. The second-order valence-electron chi connectivity index (χ2n) is 7.47. The highest BCUT2D eigenvalue weighted by atomic mass is 19.4. The van der Waals surface area contributed by atoms with Gasteiger partial charge < -0.3 is 24.1 Å². The van der Waals surface area contributed by atoms with Gasteiger partial charge >= 0.3 is 12.4 Å². The van der Waals surface area contributed by atoms with E-state index in [9.17, 15) is 31.4 Å². The number of nitrogens with zero attached hydrogens (tertiary/aromatic N) is 1. The van der Waals surface area contributed by atoms with Crippen LogP contribution in [0.1, 0.15) is 17.2 Å². The molecule has 0 fully saturated rings. The summed E-state index contributed by atoms with van der Waals surface area (Å²) in [7, 11) is 4.94. The van der Waals surface area contributed by atoms with Crippen molar-refractivity contribution in [1.82, 2.24) is 4.98 Å². The van der Waals surface area contributed by atoms with Crippen LogP contribution < -0.4 is 18.9 Å². The fourth-order valence-electron chi connectivity index (χ4n) is 3.83. The van der Waals surface area contributed by atoms with E-state index in [1.54, 1.807) is 0 Å². The largest absolute Gasteiger partial charge is 0.497 e. The Balaban J connectivity index is 2.50. The molecule has 0 amide bonds. The molecule has 0 aliphatic heterocycles. The minimum atomic E-state index is -6.15. The Morgan fingerprint density at radius 2 is 1.26 bits per heavy atom. The molecule has 12 heteroatoms. The second kappa shape index (κ2) is 9.33. The normalized spacial score (nSPS) is 13.5. The summed E-state index contributed by atoms with van der Waals surface area (Å²) in [4.78, 5) is 3.88. The maximum atomic E-state index is 14.1. The van der Waals surface area contributed by atoms with Crippen molar-refractivity contribution < 1.29 is 50.4 Å². The third-order valence-corrected chi connectivity index (χ3v) is 5.56. The number of aromatic nitrogens is 1. The van der Waals surface area contributed by atoms with Gasteiger partial charge in [0.2, 0.25) is 0 Å². The van der Waals surface area contributed by atoms with E-state index in [2.05, 4.69) is 4.98 Å². The number of alkyl halides is 6. The van der Waals surface area contributed by atoms with Crippen LogP contribution in [0.15, 0.2) is 42.6 Å². The minimum absolute atomic E-state index is 0.0405. The van der Waals surface area contributed by atoms with Gasteiger partial charge in [0.15, 0.2) is 11.5 Å². The van der Waals surface area contributed by atoms with Crippen LogP contribution in [0.5, 0.6) is 23.0 Å². The molecule has 0 saturated heterocycles. The number of hydrogen-bond acceptors (Lipinski definition) is 6. The Morgan fingerprint density at radius 3 is 1.71 bits per heavy atom. The van der Waals surface area contributed by atoms with Crippen molar-refractivity contribution in [2.75, 3.05) is 28.4 Å². The van der Waals surface area contributed by atoms with Gasteiger partial charge in [0.05, 0.1) is 40.1 Å². The second-order valence-corrected chi connectivity index (χ2v) is 7.47. The molecule has 3 aromatic rings. The third-order valence-electron chi connectivity index (χ3n) is 5.56. The van der Waals surface area contributed by atoms with E-state index in [1.807, 2.05) is 0 Å². The number of pyridine rings is 1. The molecule has 0 aliphatic rings. The van der Waals surface area contributed by atoms with Gasteiger partial charge in [-0.15, -0.1) is 0 Å². The van der Waals surface area contributed by atoms with E-state index in [0.717, 1.165) is 18.3 Å². The predicted molar refractivity (Wildman–Crippen MR) is 113 cm³/mol. The summed E-state index contributed by atoms with van der Waals surface area (Å²) in [6.07, 6.45) is -11.2. The molecular formula is C23H21F6NO5. The third kappa shape index (κ3) is 4.49. The Labute approximate surface area is 196 Å². The van der Waals surface area contributed by atoms with Gasteiger partial charge in [0.25, 0.3) is 5.60 Å². The topological polar surface area (TPSA) is 70.0 Å². The van der Waals surface area contributed by atoms with Crippen LogP contribution in [0.25, 0.3) is 10.8 Å². The minimum Gasteiger partial charge on any atom is -0.497 e. The SMILES string of the molecule is COc1cc(OC)cc(C(c2nccc3cc(OC)c(OC)cc23)C(O)(C(F)(F)F)C(F)(F)F)c1. The highest BCUT2D eigenvalue weighted by Crippen LogP contribution is 2.55. The highest BCUT2D eigenvalue weighted by Gasteiger charge is 2.74. The van der Waals surface area contributed by atoms with Crippen molar-refractivity contribution in [3.63, 3.8) is 0 Å². The summed E-state index contributed by atoms with van der Waals surface area (Å²) in [6, 6.07) is 7.14. The predicted octanol–water partition coefficient (Wildman–Crippen LogP) is 5.26. The summed E-state index contributed by atoms with van der Waals surface area (Å²) in [6.45, 7) is 0. The Hall–Kier alpha value is -3.41. The number of benzene rings is 2. The van der Waals surface area contributed by atoms with E-state index in [1.165, 1.54) is 52.7 Å². The van der Waals surface area contributed by atoms with Crippen LogP contribution in [0.3, 0.4) is 0 Å². The van der Waals surface area contributed by atoms with Crippen molar-refractivity contribution >= 4 is 10.8 Å². The molecule has 1 aromatic heterocycles. The average Bonchev–Trinajstić information content (AvgIpc) is 2.81. The number of hydrogen-bond donors (Lipinski definition) is 1. The maximum absolute atomic E-state index is 14.1. The Bertz CT molecular complexity index is 1180. The molecule has 35 heavy (non-hydrogen) atoms. The molecule has 0 radical (unpaired) electrons. The summed E-state index contributed by atoms with van der Waals surface area (Å²) in [5.74, 6) is -2.71. The van der Waals surface area contributed by atoms with Gasteiger partial charge in [0.1, 0.15) is 11.5 Å². The molecule has 2 aromatic carbocycles. The molecule has 0 aliphatic carbocycles. The standard InChI is InChI=1S/C23H21F6NO5/c1-32-14-7-13(8-15(10-14)33-2)19(21(31,22(24,25)26)23(27,28)29)20-16-11-18(35-4)17(34-3)9-12(16)5-6-30-20/h5-11,19,31H,1-4H3. The van der Waals surface area contributed by atoms with E-state index in [4.69, 9.17) is 18.9 Å². The quantitative estimate of drug-likeness (QED) is 0.442. The van der Waals surface area contributed by atoms with Crippen LogP contribution in [-0.2, 0) is 0 Å². The van der Waals surface area contributed by atoms with Gasteiger partial charge in [-0.2, -0.15) is 26.3 Å². The molecule has 1 N–H and O–H groups in total. The summed E-state index contributed by atoms with van der Waals surface area (Å²) < 4.78 is 105. The zero-order valence-corrected chi connectivity index (χ0v) is 18.9. The van der Waals surface area contributed by atoms with Crippen LogP contribution in [-0.4, -0.2) is 56.5 Å². The Morgan fingerprint density at radius 1 is 0.743 bits per heavy atom. The van der Waals surface area contributed by atoms with Gasteiger partial charge in [-0.05, 0) is 41.3 Å². The molecule has 0 bridgehead atoms. The zero-order valence-electron chi connectivity index (χ0n) is 18.9. The lowest BCUT2D eigenvalue weighted by atomic mass is 9.76. The molecule has 190 valence electrons. The van der Waals surface area contributed by atoms with Crippen molar-refractivity contribution in [3.05, 3.63) is 53.9 Å². The lowest BCUT2D eigenvalue weighted by Crippen LogP contribution is -2.61. The number of methoxy groups -OCH3 is 4. The smallest absolute Gasteiger partial charge is 0.427 e. The van der Waals surface area contributed by atoms with E-state index >= 15 is 0 Å². The van der Waals surface area contributed by atoms with Crippen molar-refractivity contribution in [2.45, 2.75) is 23.9 Å². The summed E-state index contributed by atoms with van der Waals surface area (Å²) >= 11 is 0. The van der Waals surface area contributed by atoms with E-state index in [0.29, 0.717) is 0 Å². The molecular weight excluding hydrogens is 484 g/mol.